The van der Waals surface area contributed by atoms with E-state index in [1.165, 1.54) is 22.3 Å². The molecule has 1 heterocycles. The first-order valence-corrected chi connectivity index (χ1v) is 10.1. The van der Waals surface area contributed by atoms with Crippen LogP contribution in [0.15, 0.2) is 72.8 Å². The average molecular weight is 373 g/mol. The van der Waals surface area contributed by atoms with Gasteiger partial charge in [0, 0.05) is 13.0 Å². The van der Waals surface area contributed by atoms with Gasteiger partial charge in [0.25, 0.3) is 0 Å². The van der Waals surface area contributed by atoms with Crippen LogP contribution in [0.25, 0.3) is 0 Å². The number of rotatable bonds is 7. The Morgan fingerprint density at radius 3 is 2.61 bits per heavy atom. The van der Waals surface area contributed by atoms with E-state index >= 15 is 0 Å². The van der Waals surface area contributed by atoms with Crippen LogP contribution in [0.4, 0.5) is 0 Å². The molecule has 0 spiro atoms. The molecule has 1 unspecified atom stereocenters. The molecule has 1 aliphatic heterocycles. The van der Waals surface area contributed by atoms with Gasteiger partial charge >= 0.3 is 0 Å². The molecular weight excluding hydrogens is 346 g/mol. The van der Waals surface area contributed by atoms with E-state index < -0.39 is 0 Å². The molecule has 3 aromatic rings. The van der Waals surface area contributed by atoms with Gasteiger partial charge in [-0.3, -0.25) is 0 Å². The molecule has 0 aromatic heterocycles. The van der Waals surface area contributed by atoms with Crippen LogP contribution in [0.5, 0.6) is 11.5 Å². The van der Waals surface area contributed by atoms with Crippen molar-refractivity contribution in [3.8, 4) is 11.5 Å². The van der Waals surface area contributed by atoms with Crippen molar-refractivity contribution >= 4 is 0 Å². The van der Waals surface area contributed by atoms with Crippen molar-refractivity contribution < 1.29 is 9.47 Å². The van der Waals surface area contributed by atoms with Gasteiger partial charge in [-0.2, -0.15) is 0 Å². The Hall–Kier alpha value is -2.78. The van der Waals surface area contributed by atoms with Gasteiger partial charge in [-0.25, -0.2) is 0 Å². The van der Waals surface area contributed by atoms with Gasteiger partial charge in [0.1, 0.15) is 11.5 Å². The molecule has 0 saturated heterocycles. The molecule has 28 heavy (non-hydrogen) atoms. The number of ether oxygens (including phenoxy) is 2. The van der Waals surface area contributed by atoms with Crippen LogP contribution in [-0.2, 0) is 12.8 Å². The number of benzene rings is 3. The van der Waals surface area contributed by atoms with Crippen molar-refractivity contribution in [3.05, 3.63) is 95.1 Å². The topological polar surface area (TPSA) is 30.5 Å². The maximum Gasteiger partial charge on any atom is 0.119 e. The summed E-state index contributed by atoms with van der Waals surface area (Å²) >= 11 is 0. The van der Waals surface area contributed by atoms with E-state index in [0.717, 1.165) is 30.9 Å². The molecule has 3 aromatic carbocycles. The second-order valence-corrected chi connectivity index (χ2v) is 7.09. The third-order valence-corrected chi connectivity index (χ3v) is 5.17. The Labute approximate surface area is 167 Å². The molecule has 0 radical (unpaired) electrons. The number of fused-ring (bicyclic) bond motifs is 1. The number of nitrogens with one attached hydrogen (secondary N) is 1. The minimum atomic E-state index is 0.192. The molecule has 0 amide bonds. The summed E-state index contributed by atoms with van der Waals surface area (Å²) in [7, 11) is 0. The SMILES string of the molecule is CCOc1ccc2c(c1)CCNC2c1cccc(OCCc2ccccc2)c1. The summed E-state index contributed by atoms with van der Waals surface area (Å²) in [5.41, 5.74) is 5.23. The molecule has 1 N–H and O–H groups in total. The second kappa shape index (κ2) is 8.94. The van der Waals surface area contributed by atoms with Crippen LogP contribution in [0, 0.1) is 0 Å². The maximum atomic E-state index is 6.03. The zero-order valence-electron chi connectivity index (χ0n) is 16.4. The van der Waals surface area contributed by atoms with Crippen molar-refractivity contribution in [1.82, 2.24) is 5.32 Å². The van der Waals surface area contributed by atoms with Crippen LogP contribution < -0.4 is 14.8 Å². The molecule has 1 aliphatic rings. The minimum Gasteiger partial charge on any atom is -0.494 e. The Bertz CT molecular complexity index is 907. The summed E-state index contributed by atoms with van der Waals surface area (Å²) in [5, 5.41) is 3.66. The van der Waals surface area contributed by atoms with Gasteiger partial charge in [-0.05, 0) is 59.9 Å². The molecule has 144 valence electrons. The minimum absolute atomic E-state index is 0.192. The summed E-state index contributed by atoms with van der Waals surface area (Å²) in [6.07, 6.45) is 1.94. The van der Waals surface area contributed by atoms with Gasteiger partial charge in [0.2, 0.25) is 0 Å². The van der Waals surface area contributed by atoms with Crippen LogP contribution >= 0.6 is 0 Å². The molecule has 0 bridgehead atoms. The fourth-order valence-electron chi connectivity index (χ4n) is 3.81. The maximum absolute atomic E-state index is 6.03. The normalized spacial score (nSPS) is 15.7. The van der Waals surface area contributed by atoms with Crippen LogP contribution in [-0.4, -0.2) is 19.8 Å². The molecule has 3 nitrogen and oxygen atoms in total. The summed E-state index contributed by atoms with van der Waals surface area (Å²) in [6, 6.07) is 25.6. The fraction of sp³-hybridized carbons (Fsp3) is 0.280. The van der Waals surface area contributed by atoms with Gasteiger partial charge < -0.3 is 14.8 Å². The smallest absolute Gasteiger partial charge is 0.119 e. The molecule has 3 heteroatoms. The van der Waals surface area contributed by atoms with Gasteiger partial charge in [-0.15, -0.1) is 0 Å². The third-order valence-electron chi connectivity index (χ3n) is 5.17. The van der Waals surface area contributed by atoms with E-state index in [1.807, 2.05) is 19.1 Å². The van der Waals surface area contributed by atoms with Crippen LogP contribution in [0.1, 0.15) is 35.2 Å². The van der Waals surface area contributed by atoms with Gasteiger partial charge in [-0.1, -0.05) is 48.5 Å². The lowest BCUT2D eigenvalue weighted by molar-refractivity contribution is 0.321. The van der Waals surface area contributed by atoms with Crippen molar-refractivity contribution in [1.29, 1.82) is 0 Å². The highest BCUT2D eigenvalue weighted by Gasteiger charge is 2.22. The van der Waals surface area contributed by atoms with E-state index in [4.69, 9.17) is 9.47 Å². The summed E-state index contributed by atoms with van der Waals surface area (Å²) in [5.74, 6) is 1.88. The molecule has 0 aliphatic carbocycles. The Morgan fingerprint density at radius 2 is 1.75 bits per heavy atom. The first-order chi connectivity index (χ1) is 13.8. The largest absolute Gasteiger partial charge is 0.494 e. The van der Waals surface area contributed by atoms with Crippen molar-refractivity contribution in [2.45, 2.75) is 25.8 Å². The zero-order valence-corrected chi connectivity index (χ0v) is 16.4. The predicted molar refractivity (Wildman–Crippen MR) is 113 cm³/mol. The van der Waals surface area contributed by atoms with Gasteiger partial charge in [0.05, 0.1) is 19.3 Å². The lowest BCUT2D eigenvalue weighted by atomic mass is 9.89. The Balaban J connectivity index is 1.47. The number of hydrogen-bond donors (Lipinski definition) is 1. The molecule has 0 fully saturated rings. The standard InChI is InChI=1S/C25H27NO2/c1-2-27-23-11-12-24-20(17-23)13-15-26-25(24)21-9-6-10-22(18-21)28-16-14-19-7-4-3-5-8-19/h3-12,17-18,25-26H,2,13-16H2,1H3. The summed E-state index contributed by atoms with van der Waals surface area (Å²) < 4.78 is 11.7. The Morgan fingerprint density at radius 1 is 0.893 bits per heavy atom. The molecular formula is C25H27NO2. The van der Waals surface area contributed by atoms with Crippen molar-refractivity contribution in [2.75, 3.05) is 19.8 Å². The average Bonchev–Trinajstić information content (AvgIpc) is 2.74. The highest BCUT2D eigenvalue weighted by atomic mass is 16.5. The highest BCUT2D eigenvalue weighted by molar-refractivity contribution is 5.45. The zero-order chi connectivity index (χ0) is 19.2. The summed E-state index contributed by atoms with van der Waals surface area (Å²) in [4.78, 5) is 0. The second-order valence-electron chi connectivity index (χ2n) is 7.09. The Kier molecular flexibility index (Phi) is 5.93. The van der Waals surface area contributed by atoms with E-state index in [2.05, 4.69) is 66.0 Å². The van der Waals surface area contributed by atoms with E-state index in [0.29, 0.717) is 13.2 Å². The van der Waals surface area contributed by atoms with Crippen LogP contribution in [0.3, 0.4) is 0 Å². The fourth-order valence-corrected chi connectivity index (χ4v) is 3.81. The lowest BCUT2D eigenvalue weighted by Crippen LogP contribution is -2.30. The third kappa shape index (κ3) is 4.37. The van der Waals surface area contributed by atoms with E-state index in [9.17, 15) is 0 Å². The summed E-state index contributed by atoms with van der Waals surface area (Å²) in [6.45, 7) is 4.36. The number of hydrogen-bond acceptors (Lipinski definition) is 3. The first-order valence-electron chi connectivity index (χ1n) is 10.1. The monoisotopic (exact) mass is 373 g/mol. The quantitative estimate of drug-likeness (QED) is 0.636. The van der Waals surface area contributed by atoms with Gasteiger partial charge in [0.15, 0.2) is 0 Å². The lowest BCUT2D eigenvalue weighted by Gasteiger charge is -2.28. The van der Waals surface area contributed by atoms with Crippen LogP contribution in [0.2, 0.25) is 0 Å². The highest BCUT2D eigenvalue weighted by Crippen LogP contribution is 2.32. The van der Waals surface area contributed by atoms with E-state index in [1.54, 1.807) is 0 Å². The predicted octanol–water partition coefficient (Wildman–Crippen LogP) is 4.94. The molecule has 0 saturated carbocycles. The molecule has 4 rings (SSSR count). The van der Waals surface area contributed by atoms with Crippen molar-refractivity contribution in [2.24, 2.45) is 0 Å². The van der Waals surface area contributed by atoms with Crippen molar-refractivity contribution in [3.63, 3.8) is 0 Å². The van der Waals surface area contributed by atoms with E-state index in [-0.39, 0.29) is 6.04 Å². The molecule has 1 atom stereocenters. The first kappa shape index (κ1) is 18.6.